The van der Waals surface area contributed by atoms with Gasteiger partial charge in [0.05, 0.1) is 22.4 Å². The molecule has 8 heteroatoms. The molecule has 158 valence electrons. The van der Waals surface area contributed by atoms with Crippen LogP contribution in [-0.4, -0.2) is 57.3 Å². The zero-order chi connectivity index (χ0) is 21.2. The molecule has 2 aromatic heterocycles. The molecule has 0 aliphatic heterocycles. The highest BCUT2D eigenvalue weighted by Gasteiger charge is 2.24. The summed E-state index contributed by atoms with van der Waals surface area (Å²) in [7, 11) is -0.600. The molecule has 0 bridgehead atoms. The molecular formula is C21H30N4O2S2. The molecule has 1 aromatic carbocycles. The van der Waals surface area contributed by atoms with Gasteiger partial charge in [-0.05, 0) is 51.7 Å². The first-order valence-corrected chi connectivity index (χ1v) is 13.4. The number of rotatable bonds is 7. The van der Waals surface area contributed by atoms with Crippen LogP contribution in [0.5, 0.6) is 0 Å². The van der Waals surface area contributed by atoms with Crippen molar-refractivity contribution in [3.63, 3.8) is 0 Å². The second kappa shape index (κ2) is 8.45. The fourth-order valence-electron chi connectivity index (χ4n) is 2.66. The normalized spacial score (nSPS) is 13.0. The summed E-state index contributed by atoms with van der Waals surface area (Å²) in [5, 5.41) is 8.41. The number of benzene rings is 1. The van der Waals surface area contributed by atoms with Crippen molar-refractivity contribution < 1.29 is 9.53 Å². The lowest BCUT2D eigenvalue weighted by Gasteiger charge is -2.24. The molecule has 1 N–H and O–H groups in total. The van der Waals surface area contributed by atoms with E-state index in [1.807, 2.05) is 45.0 Å². The molecule has 29 heavy (non-hydrogen) atoms. The topological polar surface area (TPSA) is 69.0 Å². The SMILES string of the molecule is CC(C)(C)NC(=O)c1cn(COCCS(C)(C)C)nc1-c1nc2ccccc2s1. The summed E-state index contributed by atoms with van der Waals surface area (Å²) >= 11 is 1.54. The van der Waals surface area contributed by atoms with Crippen LogP contribution in [0.25, 0.3) is 20.9 Å². The molecule has 0 saturated heterocycles. The molecule has 0 saturated carbocycles. The number of ether oxygens (including phenoxy) is 1. The highest BCUT2D eigenvalue weighted by atomic mass is 32.3. The van der Waals surface area contributed by atoms with Crippen LogP contribution < -0.4 is 5.32 Å². The molecule has 0 radical (unpaired) electrons. The van der Waals surface area contributed by atoms with Crippen LogP contribution in [0.15, 0.2) is 30.5 Å². The number of fused-ring (bicyclic) bond motifs is 1. The first-order valence-electron chi connectivity index (χ1n) is 9.51. The van der Waals surface area contributed by atoms with Crippen molar-refractivity contribution in [3.05, 3.63) is 36.0 Å². The van der Waals surface area contributed by atoms with E-state index in [2.05, 4.69) is 34.2 Å². The van der Waals surface area contributed by atoms with E-state index in [0.29, 0.717) is 24.6 Å². The van der Waals surface area contributed by atoms with Crippen LogP contribution in [-0.2, 0) is 11.5 Å². The van der Waals surface area contributed by atoms with E-state index in [9.17, 15) is 4.79 Å². The van der Waals surface area contributed by atoms with Gasteiger partial charge in [-0.15, -0.1) is 11.3 Å². The standard InChI is InChI=1S/C21H30N4O2S2/c1-21(2,3)23-19(26)15-13-25(14-27-11-12-29(4,5)6)24-18(15)20-22-16-9-7-8-10-17(16)28-20/h7-10,13H,11-12,14H2,1-6H3,(H,23,26). The van der Waals surface area contributed by atoms with Crippen molar-refractivity contribution in [2.75, 3.05) is 31.1 Å². The predicted octanol–water partition coefficient (Wildman–Crippen LogP) is 4.36. The van der Waals surface area contributed by atoms with E-state index in [1.54, 1.807) is 22.2 Å². The van der Waals surface area contributed by atoms with Crippen molar-refractivity contribution in [2.45, 2.75) is 33.0 Å². The van der Waals surface area contributed by atoms with Gasteiger partial charge >= 0.3 is 0 Å². The van der Waals surface area contributed by atoms with Crippen molar-refractivity contribution in [1.29, 1.82) is 0 Å². The van der Waals surface area contributed by atoms with Crippen LogP contribution in [0.4, 0.5) is 0 Å². The van der Waals surface area contributed by atoms with E-state index in [0.717, 1.165) is 21.0 Å². The summed E-state index contributed by atoms with van der Waals surface area (Å²) < 4.78 is 8.58. The number of thiazole rings is 1. The number of carbonyl (C=O) groups is 1. The smallest absolute Gasteiger partial charge is 0.255 e. The van der Waals surface area contributed by atoms with Gasteiger partial charge in [-0.2, -0.15) is 5.10 Å². The van der Waals surface area contributed by atoms with Gasteiger partial charge in [0.2, 0.25) is 0 Å². The van der Waals surface area contributed by atoms with Gasteiger partial charge in [-0.25, -0.2) is 19.7 Å². The third-order valence-corrected chi connectivity index (χ3v) is 6.49. The summed E-state index contributed by atoms with van der Waals surface area (Å²) in [6, 6.07) is 7.95. The number of nitrogens with zero attached hydrogens (tertiary/aromatic N) is 3. The van der Waals surface area contributed by atoms with Crippen molar-refractivity contribution >= 4 is 37.5 Å². The molecule has 0 atom stereocenters. The Kier molecular flexibility index (Phi) is 6.36. The number of hydrogen-bond acceptors (Lipinski definition) is 5. The third-order valence-electron chi connectivity index (χ3n) is 4.05. The molecule has 2 heterocycles. The zero-order valence-electron chi connectivity index (χ0n) is 18.0. The Morgan fingerprint density at radius 2 is 1.97 bits per heavy atom. The predicted molar refractivity (Wildman–Crippen MR) is 124 cm³/mol. The largest absolute Gasteiger partial charge is 0.358 e. The quantitative estimate of drug-likeness (QED) is 0.561. The molecule has 0 fully saturated rings. The Labute approximate surface area is 178 Å². The molecule has 3 rings (SSSR count). The lowest BCUT2D eigenvalue weighted by Crippen LogP contribution is -2.40. The number of para-hydroxylation sites is 1. The molecule has 0 aliphatic rings. The van der Waals surface area contributed by atoms with Gasteiger partial charge in [-0.1, -0.05) is 12.1 Å². The lowest BCUT2D eigenvalue weighted by molar-refractivity contribution is 0.0808. The molecule has 1 amide bonds. The minimum atomic E-state index is -0.600. The second-order valence-corrected chi connectivity index (χ2v) is 14.6. The van der Waals surface area contributed by atoms with Crippen LogP contribution in [0.3, 0.4) is 0 Å². The molecule has 3 aromatic rings. The summed E-state index contributed by atoms with van der Waals surface area (Å²) in [6.07, 6.45) is 8.56. The lowest BCUT2D eigenvalue weighted by atomic mass is 10.1. The van der Waals surface area contributed by atoms with Crippen LogP contribution >= 0.6 is 21.4 Å². The monoisotopic (exact) mass is 434 g/mol. The second-order valence-electron chi connectivity index (χ2n) is 8.95. The highest BCUT2D eigenvalue weighted by Crippen LogP contribution is 2.34. The van der Waals surface area contributed by atoms with E-state index >= 15 is 0 Å². The Morgan fingerprint density at radius 3 is 2.62 bits per heavy atom. The maximum absolute atomic E-state index is 12.9. The summed E-state index contributed by atoms with van der Waals surface area (Å²) in [4.78, 5) is 17.6. The minimum Gasteiger partial charge on any atom is -0.358 e. The number of nitrogens with one attached hydrogen (secondary N) is 1. The van der Waals surface area contributed by atoms with Crippen LogP contribution in [0.1, 0.15) is 31.1 Å². The van der Waals surface area contributed by atoms with Crippen LogP contribution in [0.2, 0.25) is 0 Å². The third kappa shape index (κ3) is 6.04. The first-order chi connectivity index (χ1) is 13.5. The Balaban J connectivity index is 1.88. The Hall–Kier alpha value is -1.90. The number of hydrogen-bond donors (Lipinski definition) is 1. The fourth-order valence-corrected chi connectivity index (χ4v) is 4.24. The highest BCUT2D eigenvalue weighted by molar-refractivity contribution is 8.32. The molecular weight excluding hydrogens is 404 g/mol. The van der Waals surface area contributed by atoms with Crippen molar-refractivity contribution in [3.8, 4) is 10.7 Å². The summed E-state index contributed by atoms with van der Waals surface area (Å²) in [6.45, 7) is 6.88. The average Bonchev–Trinajstić information content (AvgIpc) is 3.20. The molecule has 0 unspecified atom stereocenters. The Bertz CT molecular complexity index is 963. The number of aromatic nitrogens is 3. The minimum absolute atomic E-state index is 0.155. The first kappa shape index (κ1) is 21.8. The zero-order valence-corrected chi connectivity index (χ0v) is 19.6. The number of carbonyl (C=O) groups excluding carboxylic acids is 1. The van der Waals surface area contributed by atoms with E-state index < -0.39 is 10.0 Å². The average molecular weight is 435 g/mol. The van der Waals surface area contributed by atoms with Gasteiger partial charge in [0, 0.05) is 17.5 Å². The van der Waals surface area contributed by atoms with E-state index in [1.165, 1.54) is 0 Å². The van der Waals surface area contributed by atoms with Gasteiger partial charge in [0.15, 0.2) is 0 Å². The Morgan fingerprint density at radius 1 is 1.24 bits per heavy atom. The van der Waals surface area contributed by atoms with Gasteiger partial charge < -0.3 is 10.1 Å². The molecule has 0 spiro atoms. The summed E-state index contributed by atoms with van der Waals surface area (Å²) in [5.41, 5.74) is 1.69. The molecule has 0 aliphatic carbocycles. The van der Waals surface area contributed by atoms with Crippen molar-refractivity contribution in [2.24, 2.45) is 0 Å². The number of amides is 1. The van der Waals surface area contributed by atoms with Gasteiger partial charge in [0.1, 0.15) is 17.4 Å². The maximum Gasteiger partial charge on any atom is 0.255 e. The fraction of sp³-hybridized carbons (Fsp3) is 0.476. The van der Waals surface area contributed by atoms with E-state index in [-0.39, 0.29) is 11.4 Å². The van der Waals surface area contributed by atoms with Gasteiger partial charge in [-0.3, -0.25) is 4.79 Å². The van der Waals surface area contributed by atoms with Gasteiger partial charge in [0.25, 0.3) is 5.91 Å². The molecule has 6 nitrogen and oxygen atoms in total. The van der Waals surface area contributed by atoms with Crippen LogP contribution in [0, 0.1) is 0 Å². The summed E-state index contributed by atoms with van der Waals surface area (Å²) in [5.74, 6) is 0.883. The van der Waals surface area contributed by atoms with E-state index in [4.69, 9.17) is 4.74 Å². The maximum atomic E-state index is 12.9. The van der Waals surface area contributed by atoms with Crippen molar-refractivity contribution in [1.82, 2.24) is 20.1 Å².